The molecule has 2 rings (SSSR count). The molecule has 146 valence electrons. The highest BCUT2D eigenvalue weighted by molar-refractivity contribution is 6.33. The average Bonchev–Trinajstić information content (AvgIpc) is 2.61. The SMILES string of the molecule is CC.CN(C(=O)c1cc([N+](=O)[O-])c(Cl)cc1C(F)(F)F)[C@@H]1CCCNC1. The van der Waals surface area contributed by atoms with Gasteiger partial charge in [0.2, 0.25) is 0 Å². The summed E-state index contributed by atoms with van der Waals surface area (Å²) in [6.45, 7) is 5.23. The Morgan fingerprint density at radius 2 is 2.00 bits per heavy atom. The van der Waals surface area contributed by atoms with Crippen molar-refractivity contribution in [3.8, 4) is 0 Å². The number of nitro benzene ring substituents is 1. The van der Waals surface area contributed by atoms with E-state index in [2.05, 4.69) is 5.32 Å². The van der Waals surface area contributed by atoms with Crippen LogP contribution in [0.25, 0.3) is 0 Å². The number of likely N-dealkylation sites (N-methyl/N-ethyl adjacent to an activating group) is 1. The van der Waals surface area contributed by atoms with E-state index in [0.29, 0.717) is 25.1 Å². The molecule has 1 amide bonds. The normalized spacial score (nSPS) is 17.1. The van der Waals surface area contributed by atoms with Gasteiger partial charge in [-0.25, -0.2) is 0 Å². The van der Waals surface area contributed by atoms with E-state index in [1.807, 2.05) is 13.8 Å². The summed E-state index contributed by atoms with van der Waals surface area (Å²) in [6.07, 6.45) is -3.42. The average molecular weight is 396 g/mol. The van der Waals surface area contributed by atoms with Crippen molar-refractivity contribution in [3.05, 3.63) is 38.4 Å². The van der Waals surface area contributed by atoms with E-state index in [4.69, 9.17) is 11.6 Å². The fourth-order valence-corrected chi connectivity index (χ4v) is 2.87. The van der Waals surface area contributed by atoms with Crippen LogP contribution in [0.4, 0.5) is 18.9 Å². The third kappa shape index (κ3) is 5.07. The van der Waals surface area contributed by atoms with Crippen LogP contribution in [-0.4, -0.2) is 41.9 Å². The Hall–Kier alpha value is -1.87. The van der Waals surface area contributed by atoms with Crippen LogP contribution in [0.3, 0.4) is 0 Å². The number of amides is 1. The Bertz CT molecular complexity index is 662. The van der Waals surface area contributed by atoms with E-state index in [1.54, 1.807) is 0 Å². The van der Waals surface area contributed by atoms with Crippen molar-refractivity contribution >= 4 is 23.2 Å². The molecule has 1 aliphatic rings. The molecule has 0 bridgehead atoms. The largest absolute Gasteiger partial charge is 0.417 e. The molecule has 0 saturated carbocycles. The Morgan fingerprint density at radius 1 is 1.38 bits per heavy atom. The van der Waals surface area contributed by atoms with Crippen LogP contribution in [-0.2, 0) is 6.18 Å². The summed E-state index contributed by atoms with van der Waals surface area (Å²) in [6, 6.07) is 0.752. The number of hydrogen-bond donors (Lipinski definition) is 1. The van der Waals surface area contributed by atoms with E-state index < -0.39 is 38.8 Å². The third-order valence-electron chi connectivity index (χ3n) is 3.96. The molecule has 0 aromatic heterocycles. The standard InChI is InChI=1S/C14H15ClF3N3O3.C2H6/c1-20(8-3-2-4-19-7-8)13(22)9-5-12(21(23)24)11(15)6-10(9)14(16,17)18;1-2/h5-6,8,19H,2-4,7H2,1H3;1-2H3/t8-;/m1./s1. The zero-order valence-corrected chi connectivity index (χ0v) is 15.4. The number of halogens is 4. The topological polar surface area (TPSA) is 75.5 Å². The van der Waals surface area contributed by atoms with Gasteiger partial charge in [-0.1, -0.05) is 25.4 Å². The highest BCUT2D eigenvalue weighted by atomic mass is 35.5. The first-order valence-electron chi connectivity index (χ1n) is 8.16. The second-order valence-corrected chi connectivity index (χ2v) is 5.93. The summed E-state index contributed by atoms with van der Waals surface area (Å²) in [5.74, 6) is -0.921. The molecule has 0 aliphatic carbocycles. The number of carbonyl (C=O) groups is 1. The van der Waals surface area contributed by atoms with Gasteiger partial charge in [0.25, 0.3) is 11.6 Å². The summed E-state index contributed by atoms with van der Waals surface area (Å²) >= 11 is 5.56. The van der Waals surface area contributed by atoms with Crippen molar-refractivity contribution in [1.82, 2.24) is 10.2 Å². The van der Waals surface area contributed by atoms with Gasteiger partial charge in [0.05, 0.1) is 16.1 Å². The number of benzene rings is 1. The van der Waals surface area contributed by atoms with Gasteiger partial charge in [0.1, 0.15) is 5.02 Å². The zero-order chi connectivity index (χ0) is 20.1. The summed E-state index contributed by atoms with van der Waals surface area (Å²) in [7, 11) is 1.39. The highest BCUT2D eigenvalue weighted by Gasteiger charge is 2.39. The molecule has 0 unspecified atom stereocenters. The molecule has 1 aliphatic heterocycles. The second-order valence-electron chi connectivity index (χ2n) is 5.52. The molecule has 1 aromatic carbocycles. The van der Waals surface area contributed by atoms with Crippen LogP contribution in [0.1, 0.15) is 42.6 Å². The summed E-state index contributed by atoms with van der Waals surface area (Å²) in [5, 5.41) is 13.3. The smallest absolute Gasteiger partial charge is 0.337 e. The summed E-state index contributed by atoms with van der Waals surface area (Å²) in [4.78, 5) is 23.7. The van der Waals surface area contributed by atoms with Gasteiger partial charge in [0.15, 0.2) is 0 Å². The number of nitro groups is 1. The Kier molecular flexibility index (Phi) is 7.83. The number of carbonyl (C=O) groups excluding carboxylic acids is 1. The molecule has 0 radical (unpaired) electrons. The molecule has 1 aromatic rings. The number of nitrogens with one attached hydrogen (secondary N) is 1. The maximum absolute atomic E-state index is 13.2. The highest BCUT2D eigenvalue weighted by Crippen LogP contribution is 2.38. The monoisotopic (exact) mass is 395 g/mol. The summed E-state index contributed by atoms with van der Waals surface area (Å²) in [5.41, 5.74) is -2.78. The van der Waals surface area contributed by atoms with Crippen molar-refractivity contribution < 1.29 is 22.9 Å². The van der Waals surface area contributed by atoms with Gasteiger partial charge >= 0.3 is 6.18 Å². The van der Waals surface area contributed by atoms with Crippen LogP contribution in [0, 0.1) is 10.1 Å². The first-order valence-corrected chi connectivity index (χ1v) is 8.53. The van der Waals surface area contributed by atoms with Gasteiger partial charge in [-0.3, -0.25) is 14.9 Å². The molecule has 10 heteroatoms. The molecular weight excluding hydrogens is 375 g/mol. The molecule has 1 heterocycles. The Balaban J connectivity index is 0.00000163. The van der Waals surface area contributed by atoms with E-state index in [0.717, 1.165) is 13.0 Å². The predicted molar refractivity (Wildman–Crippen MR) is 92.4 cm³/mol. The molecule has 1 fully saturated rings. The molecule has 0 spiro atoms. The van der Waals surface area contributed by atoms with Crippen LogP contribution in [0.15, 0.2) is 12.1 Å². The molecular formula is C16H21ClF3N3O3. The lowest BCUT2D eigenvalue weighted by Gasteiger charge is -2.32. The van der Waals surface area contributed by atoms with Gasteiger partial charge in [-0.05, 0) is 25.5 Å². The van der Waals surface area contributed by atoms with Gasteiger partial charge < -0.3 is 10.2 Å². The minimum atomic E-state index is -4.85. The molecule has 26 heavy (non-hydrogen) atoms. The van der Waals surface area contributed by atoms with Crippen molar-refractivity contribution in [2.24, 2.45) is 0 Å². The number of hydrogen-bond acceptors (Lipinski definition) is 4. The third-order valence-corrected chi connectivity index (χ3v) is 4.26. The fraction of sp³-hybridized carbons (Fsp3) is 0.562. The predicted octanol–water partition coefficient (Wildman–Crippen LogP) is 4.12. The van der Waals surface area contributed by atoms with E-state index in [-0.39, 0.29) is 6.04 Å². The number of alkyl halides is 3. The lowest BCUT2D eigenvalue weighted by atomic mass is 10.0. The van der Waals surface area contributed by atoms with Crippen LogP contribution in [0.5, 0.6) is 0 Å². The quantitative estimate of drug-likeness (QED) is 0.617. The van der Waals surface area contributed by atoms with E-state index in [9.17, 15) is 28.1 Å². The van der Waals surface area contributed by atoms with E-state index >= 15 is 0 Å². The maximum Gasteiger partial charge on any atom is 0.417 e. The lowest BCUT2D eigenvalue weighted by Crippen LogP contribution is -2.47. The lowest BCUT2D eigenvalue weighted by molar-refractivity contribution is -0.384. The van der Waals surface area contributed by atoms with Crippen LogP contribution < -0.4 is 5.32 Å². The van der Waals surface area contributed by atoms with Gasteiger partial charge in [0, 0.05) is 25.7 Å². The molecule has 6 nitrogen and oxygen atoms in total. The molecule has 1 N–H and O–H groups in total. The number of rotatable bonds is 3. The van der Waals surface area contributed by atoms with Gasteiger partial charge in [-0.2, -0.15) is 13.2 Å². The zero-order valence-electron chi connectivity index (χ0n) is 14.7. The first kappa shape index (κ1) is 22.2. The summed E-state index contributed by atoms with van der Waals surface area (Å²) < 4.78 is 39.6. The van der Waals surface area contributed by atoms with Crippen LogP contribution in [0.2, 0.25) is 5.02 Å². The molecule has 1 saturated heterocycles. The minimum absolute atomic E-state index is 0.276. The molecule has 1 atom stereocenters. The Morgan fingerprint density at radius 3 is 2.46 bits per heavy atom. The number of piperidine rings is 1. The van der Waals surface area contributed by atoms with Gasteiger partial charge in [-0.15, -0.1) is 0 Å². The fourth-order valence-electron chi connectivity index (χ4n) is 2.63. The maximum atomic E-state index is 13.2. The van der Waals surface area contributed by atoms with Crippen molar-refractivity contribution in [2.45, 2.75) is 38.9 Å². The van der Waals surface area contributed by atoms with Crippen molar-refractivity contribution in [1.29, 1.82) is 0 Å². The second kappa shape index (κ2) is 9.18. The minimum Gasteiger partial charge on any atom is -0.337 e. The van der Waals surface area contributed by atoms with Crippen molar-refractivity contribution in [2.75, 3.05) is 20.1 Å². The first-order chi connectivity index (χ1) is 12.1. The Labute approximate surface area is 154 Å². The van der Waals surface area contributed by atoms with Crippen molar-refractivity contribution in [3.63, 3.8) is 0 Å². The van der Waals surface area contributed by atoms with E-state index in [1.165, 1.54) is 11.9 Å². The number of nitrogens with zero attached hydrogens (tertiary/aromatic N) is 2. The van der Waals surface area contributed by atoms with Crippen LogP contribution >= 0.6 is 11.6 Å².